The Bertz CT molecular complexity index is 542. The molecule has 0 spiro atoms. The van der Waals surface area contributed by atoms with Gasteiger partial charge in [0.15, 0.2) is 0 Å². The lowest BCUT2D eigenvalue weighted by Crippen LogP contribution is -2.53. The molecule has 0 aromatic heterocycles. The van der Waals surface area contributed by atoms with Gasteiger partial charge in [0, 0.05) is 0 Å². The molecule has 0 saturated heterocycles. The van der Waals surface area contributed by atoms with Crippen LogP contribution in [0.1, 0.15) is 66.2 Å². The van der Waals surface area contributed by atoms with Gasteiger partial charge in [-0.05, 0) is 67.8 Å². The third-order valence-electron chi connectivity index (χ3n) is 7.04. The molecule has 3 aliphatic carbocycles. The highest BCUT2D eigenvalue weighted by atomic mass is 16.4. The van der Waals surface area contributed by atoms with Crippen LogP contribution in [0.5, 0.6) is 0 Å². The van der Waals surface area contributed by atoms with Crippen LogP contribution in [0.25, 0.3) is 0 Å². The molecule has 2 heteroatoms. The van der Waals surface area contributed by atoms with Gasteiger partial charge in [0.05, 0.1) is 5.41 Å². The zero-order chi connectivity index (χ0) is 16.1. The van der Waals surface area contributed by atoms with Crippen LogP contribution in [-0.2, 0) is 4.79 Å². The minimum atomic E-state index is -0.579. The van der Waals surface area contributed by atoms with Crippen molar-refractivity contribution in [3.05, 3.63) is 23.3 Å². The van der Waals surface area contributed by atoms with Crippen LogP contribution in [0.2, 0.25) is 0 Å². The molecule has 0 bridgehead atoms. The van der Waals surface area contributed by atoms with Crippen molar-refractivity contribution in [3.63, 3.8) is 0 Å². The lowest BCUT2D eigenvalue weighted by Gasteiger charge is -2.57. The summed E-state index contributed by atoms with van der Waals surface area (Å²) in [5, 5.41) is 9.84. The topological polar surface area (TPSA) is 37.3 Å². The second kappa shape index (κ2) is 5.25. The maximum atomic E-state index is 11.9. The van der Waals surface area contributed by atoms with Crippen molar-refractivity contribution < 1.29 is 9.90 Å². The van der Waals surface area contributed by atoms with Crippen molar-refractivity contribution in [2.75, 3.05) is 0 Å². The Morgan fingerprint density at radius 1 is 1.32 bits per heavy atom. The Kier molecular flexibility index (Phi) is 3.78. The van der Waals surface area contributed by atoms with Gasteiger partial charge in [0.1, 0.15) is 0 Å². The third kappa shape index (κ3) is 2.18. The first-order valence-corrected chi connectivity index (χ1v) is 8.93. The molecule has 3 rings (SSSR count). The molecule has 2 nitrogen and oxygen atoms in total. The van der Waals surface area contributed by atoms with E-state index >= 15 is 0 Å². The highest BCUT2D eigenvalue weighted by molar-refractivity contribution is 5.75. The van der Waals surface area contributed by atoms with Crippen LogP contribution in [0, 0.1) is 28.6 Å². The van der Waals surface area contributed by atoms with Crippen LogP contribution in [0.3, 0.4) is 0 Å². The van der Waals surface area contributed by atoms with Gasteiger partial charge in [-0.3, -0.25) is 4.79 Å². The molecule has 2 saturated carbocycles. The number of carboxylic acids is 1. The van der Waals surface area contributed by atoms with Crippen LogP contribution >= 0.6 is 0 Å². The molecule has 4 atom stereocenters. The largest absolute Gasteiger partial charge is 0.481 e. The maximum absolute atomic E-state index is 11.9. The second-order valence-corrected chi connectivity index (χ2v) is 8.54. The summed E-state index contributed by atoms with van der Waals surface area (Å²) in [6.07, 6.45) is 11.2. The number of carbonyl (C=O) groups is 1. The summed E-state index contributed by atoms with van der Waals surface area (Å²) in [5.41, 5.74) is 2.71. The minimum Gasteiger partial charge on any atom is -0.481 e. The predicted octanol–water partition coefficient (Wildman–Crippen LogP) is 5.21. The van der Waals surface area contributed by atoms with Crippen molar-refractivity contribution in [1.29, 1.82) is 0 Å². The molecule has 2 fully saturated rings. The molecule has 0 amide bonds. The number of allylic oxidation sites excluding steroid dienone is 4. The summed E-state index contributed by atoms with van der Waals surface area (Å²) < 4.78 is 0. The molecular formula is C20H30O2. The summed E-state index contributed by atoms with van der Waals surface area (Å²) in [7, 11) is 0. The fourth-order valence-corrected chi connectivity index (χ4v) is 5.67. The first-order valence-electron chi connectivity index (χ1n) is 8.93. The van der Waals surface area contributed by atoms with Gasteiger partial charge in [0.25, 0.3) is 0 Å². The Labute approximate surface area is 134 Å². The monoisotopic (exact) mass is 302 g/mol. The first-order chi connectivity index (χ1) is 10.3. The van der Waals surface area contributed by atoms with E-state index in [0.29, 0.717) is 17.8 Å². The van der Waals surface area contributed by atoms with Crippen LogP contribution in [0.15, 0.2) is 23.3 Å². The summed E-state index contributed by atoms with van der Waals surface area (Å²) in [5.74, 6) is 0.898. The lowest BCUT2D eigenvalue weighted by molar-refractivity contribution is -0.164. The number of hydrogen-bond acceptors (Lipinski definition) is 1. The van der Waals surface area contributed by atoms with E-state index < -0.39 is 11.4 Å². The SMILES string of the molecule is CC(C)C1=CC[C@@H]2C(=C1)CC[C@H]1[C@]2(C)CCC[C@]1(C)C(=O)O. The Morgan fingerprint density at radius 2 is 2.05 bits per heavy atom. The molecule has 0 heterocycles. The van der Waals surface area contributed by atoms with E-state index in [9.17, 15) is 9.90 Å². The Morgan fingerprint density at radius 3 is 2.68 bits per heavy atom. The summed E-state index contributed by atoms with van der Waals surface area (Å²) in [6, 6.07) is 0. The van der Waals surface area contributed by atoms with Crippen molar-refractivity contribution in [3.8, 4) is 0 Å². The molecule has 0 aliphatic heterocycles. The Hall–Kier alpha value is -1.05. The maximum Gasteiger partial charge on any atom is 0.309 e. The molecule has 122 valence electrons. The fraction of sp³-hybridized carbons (Fsp3) is 0.750. The standard InChI is InChI=1S/C20H30O2/c1-13(2)14-6-8-16-15(12-14)7-9-17-19(16,3)10-5-11-20(17,4)18(21)22/h6,12-13,16-17H,5,7-11H2,1-4H3,(H,21,22)/t16-,17+,19-,20+/m1/s1. The molecule has 22 heavy (non-hydrogen) atoms. The number of hydrogen-bond donors (Lipinski definition) is 1. The number of fused-ring (bicyclic) bond motifs is 3. The highest BCUT2D eigenvalue weighted by Gasteiger charge is 2.57. The van der Waals surface area contributed by atoms with Gasteiger partial charge in [-0.2, -0.15) is 0 Å². The van der Waals surface area contributed by atoms with Gasteiger partial charge in [0.2, 0.25) is 0 Å². The third-order valence-corrected chi connectivity index (χ3v) is 7.04. The van der Waals surface area contributed by atoms with Crippen molar-refractivity contribution in [2.24, 2.45) is 28.6 Å². The average Bonchev–Trinajstić information content (AvgIpc) is 2.46. The van der Waals surface area contributed by atoms with E-state index in [-0.39, 0.29) is 5.41 Å². The molecular weight excluding hydrogens is 272 g/mol. The van der Waals surface area contributed by atoms with Crippen molar-refractivity contribution >= 4 is 5.97 Å². The molecule has 3 aliphatic rings. The molecule has 0 radical (unpaired) electrons. The van der Waals surface area contributed by atoms with Crippen LogP contribution in [0.4, 0.5) is 0 Å². The summed E-state index contributed by atoms with van der Waals surface area (Å²) >= 11 is 0. The molecule has 0 aromatic carbocycles. The number of aliphatic carboxylic acids is 1. The molecule has 1 N–H and O–H groups in total. The van der Waals surface area contributed by atoms with Gasteiger partial charge < -0.3 is 5.11 Å². The summed E-state index contributed by atoms with van der Waals surface area (Å²) in [4.78, 5) is 11.9. The van der Waals surface area contributed by atoms with E-state index in [2.05, 4.69) is 32.9 Å². The number of carboxylic acid groups (broad SMARTS) is 1. The Balaban J connectivity index is 1.95. The fourth-order valence-electron chi connectivity index (χ4n) is 5.67. The van der Waals surface area contributed by atoms with Crippen LogP contribution in [-0.4, -0.2) is 11.1 Å². The lowest BCUT2D eigenvalue weighted by atomic mass is 9.46. The normalized spacial score (nSPS) is 41.3. The van der Waals surface area contributed by atoms with Gasteiger partial charge in [-0.15, -0.1) is 0 Å². The van der Waals surface area contributed by atoms with Gasteiger partial charge in [-0.25, -0.2) is 0 Å². The average molecular weight is 302 g/mol. The van der Waals surface area contributed by atoms with E-state index in [0.717, 1.165) is 32.1 Å². The van der Waals surface area contributed by atoms with Gasteiger partial charge >= 0.3 is 5.97 Å². The minimum absolute atomic E-state index is 0.161. The smallest absolute Gasteiger partial charge is 0.309 e. The number of rotatable bonds is 2. The highest BCUT2D eigenvalue weighted by Crippen LogP contribution is 2.62. The second-order valence-electron chi connectivity index (χ2n) is 8.54. The van der Waals surface area contributed by atoms with E-state index in [1.165, 1.54) is 12.0 Å². The first kappa shape index (κ1) is 15.8. The quantitative estimate of drug-likeness (QED) is 0.760. The van der Waals surface area contributed by atoms with E-state index in [1.54, 1.807) is 5.57 Å². The molecule has 0 aromatic rings. The molecule has 0 unspecified atom stereocenters. The van der Waals surface area contributed by atoms with Crippen LogP contribution < -0.4 is 0 Å². The van der Waals surface area contributed by atoms with Gasteiger partial charge in [-0.1, -0.05) is 44.9 Å². The van der Waals surface area contributed by atoms with Crippen molar-refractivity contribution in [2.45, 2.75) is 66.2 Å². The van der Waals surface area contributed by atoms with E-state index in [4.69, 9.17) is 0 Å². The summed E-state index contributed by atoms with van der Waals surface area (Å²) in [6.45, 7) is 8.91. The predicted molar refractivity (Wildman–Crippen MR) is 89.5 cm³/mol. The van der Waals surface area contributed by atoms with E-state index in [1.807, 2.05) is 6.92 Å². The zero-order valence-electron chi connectivity index (χ0n) is 14.5. The van der Waals surface area contributed by atoms with Crippen molar-refractivity contribution in [1.82, 2.24) is 0 Å². The zero-order valence-corrected chi connectivity index (χ0v) is 14.5.